The maximum absolute atomic E-state index is 13.2. The summed E-state index contributed by atoms with van der Waals surface area (Å²) >= 11 is 0. The first-order valence-electron chi connectivity index (χ1n) is 9.97. The van der Waals surface area contributed by atoms with Gasteiger partial charge in [0.05, 0.1) is 17.1 Å². The fourth-order valence-corrected chi connectivity index (χ4v) is 3.41. The van der Waals surface area contributed by atoms with Crippen molar-refractivity contribution < 1.29 is 24.2 Å². The molecule has 0 saturated heterocycles. The van der Waals surface area contributed by atoms with Crippen LogP contribution in [0.25, 0.3) is 10.9 Å². The number of hydrogen-bond donors (Lipinski definition) is 4. The zero-order valence-corrected chi connectivity index (χ0v) is 17.4. The molecule has 0 saturated carbocycles. The van der Waals surface area contributed by atoms with Crippen LogP contribution in [-0.4, -0.2) is 32.1 Å². The molecule has 4 aromatic rings. The summed E-state index contributed by atoms with van der Waals surface area (Å²) in [5, 5.41) is 25.4. The SMILES string of the molecule is CC(Nc1ncnc2c(C(=O)O)cccc12)c1cccc(NC(=O)c2ccc(F)c(O)c2)c1. The number of benzene rings is 3. The zero-order valence-electron chi connectivity index (χ0n) is 17.4. The van der Waals surface area contributed by atoms with Gasteiger partial charge in [-0.1, -0.05) is 18.2 Å². The molecule has 166 valence electrons. The smallest absolute Gasteiger partial charge is 0.337 e. The number of nitrogens with one attached hydrogen (secondary N) is 2. The Hall–Kier alpha value is -4.53. The van der Waals surface area contributed by atoms with Crippen LogP contribution in [0.5, 0.6) is 5.75 Å². The van der Waals surface area contributed by atoms with Crippen LogP contribution in [0.4, 0.5) is 15.9 Å². The number of carbonyl (C=O) groups excluding carboxylic acids is 1. The number of carbonyl (C=O) groups is 2. The van der Waals surface area contributed by atoms with E-state index in [2.05, 4.69) is 20.6 Å². The number of fused-ring (bicyclic) bond motifs is 1. The van der Waals surface area contributed by atoms with Gasteiger partial charge in [0.25, 0.3) is 5.91 Å². The number of hydrogen-bond acceptors (Lipinski definition) is 6. The van der Waals surface area contributed by atoms with E-state index in [-0.39, 0.29) is 17.2 Å². The molecular weight excluding hydrogens is 427 g/mol. The van der Waals surface area contributed by atoms with Crippen LogP contribution in [0.2, 0.25) is 0 Å². The number of nitrogens with zero attached hydrogens (tertiary/aromatic N) is 2. The van der Waals surface area contributed by atoms with E-state index in [4.69, 9.17) is 0 Å². The molecule has 3 aromatic carbocycles. The molecular formula is C24H19FN4O4. The quantitative estimate of drug-likeness (QED) is 0.341. The second-order valence-electron chi connectivity index (χ2n) is 7.34. The van der Waals surface area contributed by atoms with E-state index in [9.17, 15) is 24.2 Å². The summed E-state index contributed by atoms with van der Waals surface area (Å²) in [7, 11) is 0. The summed E-state index contributed by atoms with van der Waals surface area (Å²) in [4.78, 5) is 32.3. The number of phenols is 1. The summed E-state index contributed by atoms with van der Waals surface area (Å²) in [6.07, 6.45) is 1.30. The van der Waals surface area contributed by atoms with Crippen molar-refractivity contribution in [1.82, 2.24) is 9.97 Å². The van der Waals surface area contributed by atoms with Gasteiger partial charge in [-0.25, -0.2) is 19.2 Å². The lowest BCUT2D eigenvalue weighted by atomic mass is 10.1. The Kier molecular flexibility index (Phi) is 5.86. The Bertz CT molecular complexity index is 1380. The molecule has 33 heavy (non-hydrogen) atoms. The second kappa shape index (κ2) is 8.91. The van der Waals surface area contributed by atoms with Crippen molar-refractivity contribution in [2.75, 3.05) is 10.6 Å². The van der Waals surface area contributed by atoms with E-state index in [1.807, 2.05) is 13.0 Å². The molecule has 8 nitrogen and oxygen atoms in total. The van der Waals surface area contributed by atoms with Crippen LogP contribution in [-0.2, 0) is 0 Å². The number of aromatic hydroxyl groups is 1. The van der Waals surface area contributed by atoms with Gasteiger partial charge in [0.1, 0.15) is 12.1 Å². The largest absolute Gasteiger partial charge is 0.505 e. The zero-order chi connectivity index (χ0) is 23.5. The average Bonchev–Trinajstić information content (AvgIpc) is 2.80. The number of carboxylic acid groups (broad SMARTS) is 1. The molecule has 1 heterocycles. The van der Waals surface area contributed by atoms with Crippen LogP contribution < -0.4 is 10.6 Å². The number of rotatable bonds is 6. The number of para-hydroxylation sites is 1. The number of halogens is 1. The Morgan fingerprint density at radius 3 is 2.58 bits per heavy atom. The molecule has 0 spiro atoms. The minimum Gasteiger partial charge on any atom is -0.505 e. The van der Waals surface area contributed by atoms with Gasteiger partial charge in [-0.2, -0.15) is 0 Å². The van der Waals surface area contributed by atoms with Gasteiger partial charge in [0, 0.05) is 16.6 Å². The highest BCUT2D eigenvalue weighted by Crippen LogP contribution is 2.27. The predicted molar refractivity (Wildman–Crippen MR) is 121 cm³/mol. The van der Waals surface area contributed by atoms with Gasteiger partial charge in [-0.15, -0.1) is 0 Å². The third kappa shape index (κ3) is 4.57. The first-order valence-corrected chi connectivity index (χ1v) is 9.97. The van der Waals surface area contributed by atoms with Crippen molar-refractivity contribution in [3.8, 4) is 5.75 Å². The van der Waals surface area contributed by atoms with Crippen LogP contribution in [0.3, 0.4) is 0 Å². The second-order valence-corrected chi connectivity index (χ2v) is 7.34. The first-order chi connectivity index (χ1) is 15.8. The molecule has 9 heteroatoms. The molecule has 0 aliphatic rings. The van der Waals surface area contributed by atoms with Crippen molar-refractivity contribution in [3.63, 3.8) is 0 Å². The van der Waals surface area contributed by atoms with Gasteiger partial charge in [0.15, 0.2) is 11.6 Å². The maximum atomic E-state index is 13.2. The monoisotopic (exact) mass is 446 g/mol. The Morgan fingerprint density at radius 1 is 1.03 bits per heavy atom. The van der Waals surface area contributed by atoms with E-state index in [0.29, 0.717) is 22.4 Å². The maximum Gasteiger partial charge on any atom is 0.337 e. The summed E-state index contributed by atoms with van der Waals surface area (Å²) in [6, 6.07) is 15.1. The van der Waals surface area contributed by atoms with Crippen molar-refractivity contribution in [2.45, 2.75) is 13.0 Å². The van der Waals surface area contributed by atoms with Crippen LogP contribution in [0.15, 0.2) is 67.0 Å². The van der Waals surface area contributed by atoms with Crippen molar-refractivity contribution in [3.05, 3.63) is 89.5 Å². The minimum absolute atomic E-state index is 0.0853. The molecule has 0 aliphatic carbocycles. The first kappa shape index (κ1) is 21.7. The molecule has 0 fully saturated rings. The highest BCUT2D eigenvalue weighted by atomic mass is 19.1. The van der Waals surface area contributed by atoms with Gasteiger partial charge in [0.2, 0.25) is 0 Å². The van der Waals surface area contributed by atoms with Gasteiger partial charge < -0.3 is 20.8 Å². The van der Waals surface area contributed by atoms with Gasteiger partial charge in [-0.05, 0) is 55.0 Å². The fourth-order valence-electron chi connectivity index (χ4n) is 3.41. The molecule has 0 radical (unpaired) electrons. The molecule has 1 aromatic heterocycles. The van der Waals surface area contributed by atoms with Crippen LogP contribution in [0, 0.1) is 5.82 Å². The third-order valence-corrected chi connectivity index (χ3v) is 5.10. The standard InChI is InChI=1S/C24H19FN4O4/c1-13(28-22-17-6-3-7-18(24(32)33)21(17)26-12-27-22)14-4-2-5-16(10-14)29-23(31)15-8-9-19(25)20(30)11-15/h2-13,30H,1H3,(H,29,31)(H,32,33)(H,26,27,28). The minimum atomic E-state index is -1.07. The number of carboxylic acids is 1. The highest BCUT2D eigenvalue weighted by molar-refractivity contribution is 6.05. The van der Waals surface area contributed by atoms with Crippen molar-refractivity contribution in [1.29, 1.82) is 0 Å². The highest BCUT2D eigenvalue weighted by Gasteiger charge is 2.15. The Balaban J connectivity index is 1.55. The molecule has 4 N–H and O–H groups in total. The van der Waals surface area contributed by atoms with Gasteiger partial charge >= 0.3 is 5.97 Å². The number of anilines is 2. The lowest BCUT2D eigenvalue weighted by Gasteiger charge is -2.17. The lowest BCUT2D eigenvalue weighted by molar-refractivity contribution is 0.0698. The van der Waals surface area contributed by atoms with E-state index in [0.717, 1.165) is 17.7 Å². The predicted octanol–water partition coefficient (Wildman–Crippen LogP) is 4.60. The lowest BCUT2D eigenvalue weighted by Crippen LogP contribution is -2.13. The number of aromatic nitrogens is 2. The summed E-state index contributed by atoms with van der Waals surface area (Å²) in [5.41, 5.74) is 1.87. The number of amides is 1. The van der Waals surface area contributed by atoms with E-state index in [1.54, 1.807) is 30.3 Å². The summed E-state index contributed by atoms with van der Waals surface area (Å²) < 4.78 is 13.2. The molecule has 0 bridgehead atoms. The average molecular weight is 446 g/mol. The van der Waals surface area contributed by atoms with Crippen LogP contribution in [0.1, 0.15) is 39.2 Å². The molecule has 1 unspecified atom stereocenters. The molecule has 1 atom stereocenters. The Labute approximate surface area is 187 Å². The van der Waals surface area contributed by atoms with Crippen LogP contribution >= 0.6 is 0 Å². The Morgan fingerprint density at radius 2 is 1.82 bits per heavy atom. The van der Waals surface area contributed by atoms with Crippen molar-refractivity contribution >= 4 is 34.3 Å². The number of phenolic OH excluding ortho intramolecular Hbond substituents is 1. The summed E-state index contributed by atoms with van der Waals surface area (Å²) in [6.45, 7) is 1.90. The topological polar surface area (TPSA) is 124 Å². The normalized spacial score (nSPS) is 11.7. The van der Waals surface area contributed by atoms with Gasteiger partial charge in [-0.3, -0.25) is 4.79 Å². The van der Waals surface area contributed by atoms with E-state index >= 15 is 0 Å². The van der Waals surface area contributed by atoms with E-state index in [1.165, 1.54) is 18.5 Å². The number of aromatic carboxylic acids is 1. The molecule has 0 aliphatic heterocycles. The fraction of sp³-hybridized carbons (Fsp3) is 0.0833. The molecule has 1 amide bonds. The summed E-state index contributed by atoms with van der Waals surface area (Å²) in [5.74, 6) is -2.49. The third-order valence-electron chi connectivity index (χ3n) is 5.10. The molecule has 4 rings (SSSR count). The van der Waals surface area contributed by atoms with E-state index < -0.39 is 23.4 Å². The van der Waals surface area contributed by atoms with Crippen molar-refractivity contribution in [2.24, 2.45) is 0 Å².